The van der Waals surface area contributed by atoms with Crippen molar-refractivity contribution in [1.82, 2.24) is 4.90 Å². The molecule has 1 unspecified atom stereocenters. The van der Waals surface area contributed by atoms with Crippen LogP contribution in [0.4, 0.5) is 5.69 Å². The lowest BCUT2D eigenvalue weighted by Crippen LogP contribution is -2.46. The fraction of sp³-hybridized carbons (Fsp3) is 0.632. The van der Waals surface area contributed by atoms with Crippen LogP contribution in [0.2, 0.25) is 0 Å². The molecular weight excluding hydrogens is 288 g/mol. The zero-order chi connectivity index (χ0) is 16.2. The second kappa shape index (κ2) is 7.35. The topological polar surface area (TPSA) is 41.6 Å². The van der Waals surface area contributed by atoms with Gasteiger partial charge in [-0.3, -0.25) is 4.79 Å². The van der Waals surface area contributed by atoms with Gasteiger partial charge in [0, 0.05) is 24.8 Å². The van der Waals surface area contributed by atoms with Gasteiger partial charge in [-0.2, -0.15) is 0 Å². The fourth-order valence-electron chi connectivity index (χ4n) is 3.09. The van der Waals surface area contributed by atoms with Gasteiger partial charge in [0.1, 0.15) is 6.10 Å². The lowest BCUT2D eigenvalue weighted by Gasteiger charge is -2.34. The van der Waals surface area contributed by atoms with Gasteiger partial charge in [-0.05, 0) is 57.1 Å². The summed E-state index contributed by atoms with van der Waals surface area (Å²) < 4.78 is 5.71. The highest BCUT2D eigenvalue weighted by Gasteiger charge is 2.28. The van der Waals surface area contributed by atoms with Crippen LogP contribution in [-0.4, -0.2) is 42.6 Å². The normalized spacial score (nSPS) is 20.3. The summed E-state index contributed by atoms with van der Waals surface area (Å²) in [5, 5.41) is 3.62. The number of amides is 1. The highest BCUT2D eigenvalue weighted by atomic mass is 16.5. The number of nitrogens with one attached hydrogen (secondary N) is 1. The van der Waals surface area contributed by atoms with Gasteiger partial charge in [0.15, 0.2) is 0 Å². The maximum Gasteiger partial charge on any atom is 0.251 e. The predicted octanol–water partition coefficient (Wildman–Crippen LogP) is 3.21. The number of hydrogen-bond acceptors (Lipinski definition) is 3. The Morgan fingerprint density at radius 1 is 1.26 bits per heavy atom. The summed E-state index contributed by atoms with van der Waals surface area (Å²) in [4.78, 5) is 14.4. The fourth-order valence-corrected chi connectivity index (χ4v) is 3.09. The van der Waals surface area contributed by atoms with E-state index in [1.54, 1.807) is 0 Å². The van der Waals surface area contributed by atoms with E-state index in [1.165, 1.54) is 24.1 Å². The van der Waals surface area contributed by atoms with Crippen molar-refractivity contribution < 1.29 is 9.53 Å². The van der Waals surface area contributed by atoms with Gasteiger partial charge in [0.2, 0.25) is 0 Å². The number of ether oxygens (including phenoxy) is 1. The Labute approximate surface area is 139 Å². The molecule has 1 heterocycles. The van der Waals surface area contributed by atoms with E-state index in [9.17, 15) is 4.79 Å². The highest BCUT2D eigenvalue weighted by molar-refractivity contribution is 5.80. The number of carbonyl (C=O) groups excluding carboxylic acids is 1. The molecule has 0 bridgehead atoms. The maximum absolute atomic E-state index is 12.4. The Morgan fingerprint density at radius 3 is 2.61 bits per heavy atom. The summed E-state index contributed by atoms with van der Waals surface area (Å²) in [5.41, 5.74) is 2.48. The van der Waals surface area contributed by atoms with Crippen molar-refractivity contribution in [2.75, 3.05) is 25.0 Å². The Kier molecular flexibility index (Phi) is 5.21. The minimum Gasteiger partial charge on any atom is -0.382 e. The Hall–Kier alpha value is -1.55. The van der Waals surface area contributed by atoms with E-state index in [0.717, 1.165) is 32.5 Å². The number of benzene rings is 1. The molecule has 4 nitrogen and oxygen atoms in total. The molecule has 2 aliphatic rings. The van der Waals surface area contributed by atoms with Gasteiger partial charge >= 0.3 is 0 Å². The van der Waals surface area contributed by atoms with Gasteiger partial charge in [0.25, 0.3) is 5.91 Å². The monoisotopic (exact) mass is 316 g/mol. The molecule has 1 aliphatic heterocycles. The van der Waals surface area contributed by atoms with Crippen molar-refractivity contribution in [2.24, 2.45) is 5.92 Å². The molecule has 4 heteroatoms. The SMILES string of the molecule is Cc1ccccc1NC1CCN(C(=O)C(C)OCC2CC2)CC1. The Bertz CT molecular complexity index is 534. The van der Waals surface area contributed by atoms with Crippen molar-refractivity contribution in [3.8, 4) is 0 Å². The molecule has 1 aromatic carbocycles. The summed E-state index contributed by atoms with van der Waals surface area (Å²) in [6.45, 7) is 6.40. The maximum atomic E-state index is 12.4. The molecule has 1 atom stereocenters. The highest BCUT2D eigenvalue weighted by Crippen LogP contribution is 2.29. The number of piperidine rings is 1. The number of nitrogens with zero attached hydrogens (tertiary/aromatic N) is 1. The molecule has 0 aromatic heterocycles. The first-order chi connectivity index (χ1) is 11.1. The van der Waals surface area contributed by atoms with Gasteiger partial charge in [-0.25, -0.2) is 0 Å². The molecule has 1 aromatic rings. The van der Waals surface area contributed by atoms with Crippen LogP contribution < -0.4 is 5.32 Å². The van der Waals surface area contributed by atoms with Crippen molar-refractivity contribution in [1.29, 1.82) is 0 Å². The predicted molar refractivity (Wildman–Crippen MR) is 92.5 cm³/mol. The van der Waals surface area contributed by atoms with Crippen LogP contribution in [-0.2, 0) is 9.53 Å². The third kappa shape index (κ3) is 4.47. The Morgan fingerprint density at radius 2 is 1.96 bits per heavy atom. The van der Waals surface area contributed by atoms with E-state index in [1.807, 2.05) is 11.8 Å². The third-order valence-corrected chi connectivity index (χ3v) is 4.94. The number of hydrogen-bond donors (Lipinski definition) is 1. The first-order valence-electron chi connectivity index (χ1n) is 8.86. The number of anilines is 1. The molecule has 1 N–H and O–H groups in total. The second-order valence-corrected chi connectivity index (χ2v) is 6.98. The number of carbonyl (C=O) groups is 1. The van der Waals surface area contributed by atoms with E-state index in [4.69, 9.17) is 4.74 Å². The molecule has 0 radical (unpaired) electrons. The van der Waals surface area contributed by atoms with E-state index < -0.39 is 0 Å². The lowest BCUT2D eigenvalue weighted by molar-refractivity contribution is -0.143. The zero-order valence-corrected chi connectivity index (χ0v) is 14.3. The number of likely N-dealkylation sites (tertiary alicyclic amines) is 1. The van der Waals surface area contributed by atoms with E-state index in [0.29, 0.717) is 12.0 Å². The summed E-state index contributed by atoms with van der Waals surface area (Å²) in [7, 11) is 0. The van der Waals surface area contributed by atoms with Crippen molar-refractivity contribution in [2.45, 2.75) is 51.7 Å². The molecule has 23 heavy (non-hydrogen) atoms. The zero-order valence-electron chi connectivity index (χ0n) is 14.3. The summed E-state index contributed by atoms with van der Waals surface area (Å²) >= 11 is 0. The Balaban J connectivity index is 1.44. The summed E-state index contributed by atoms with van der Waals surface area (Å²) in [6, 6.07) is 8.82. The van der Waals surface area contributed by atoms with E-state index in [-0.39, 0.29) is 12.0 Å². The van der Waals surface area contributed by atoms with Gasteiger partial charge in [-0.15, -0.1) is 0 Å². The first-order valence-corrected chi connectivity index (χ1v) is 8.86. The molecule has 0 spiro atoms. The molecule has 3 rings (SSSR count). The smallest absolute Gasteiger partial charge is 0.251 e. The van der Waals surface area contributed by atoms with Crippen molar-refractivity contribution in [3.63, 3.8) is 0 Å². The summed E-state index contributed by atoms with van der Waals surface area (Å²) in [6.07, 6.45) is 4.22. The number of rotatable bonds is 6. The second-order valence-electron chi connectivity index (χ2n) is 6.98. The first kappa shape index (κ1) is 16.3. The van der Waals surface area contributed by atoms with Crippen LogP contribution in [0.5, 0.6) is 0 Å². The molecule has 1 amide bonds. The van der Waals surface area contributed by atoms with Gasteiger partial charge < -0.3 is 15.0 Å². The molecule has 2 fully saturated rings. The van der Waals surface area contributed by atoms with E-state index >= 15 is 0 Å². The van der Waals surface area contributed by atoms with Crippen LogP contribution in [0.15, 0.2) is 24.3 Å². The number of para-hydroxylation sites is 1. The van der Waals surface area contributed by atoms with Crippen LogP contribution in [0.3, 0.4) is 0 Å². The van der Waals surface area contributed by atoms with E-state index in [2.05, 4.69) is 36.5 Å². The van der Waals surface area contributed by atoms with Crippen molar-refractivity contribution >= 4 is 11.6 Å². The molecule has 126 valence electrons. The molecule has 1 aliphatic carbocycles. The lowest BCUT2D eigenvalue weighted by atomic mass is 10.0. The minimum absolute atomic E-state index is 0.153. The standard InChI is InChI=1S/C19H28N2O2/c1-14-5-3-4-6-18(14)20-17-9-11-21(12-10-17)19(22)15(2)23-13-16-7-8-16/h3-6,15-17,20H,7-13H2,1-2H3. The quantitative estimate of drug-likeness (QED) is 0.876. The van der Waals surface area contributed by atoms with Crippen LogP contribution >= 0.6 is 0 Å². The van der Waals surface area contributed by atoms with Crippen LogP contribution in [0.25, 0.3) is 0 Å². The molecule has 1 saturated heterocycles. The average Bonchev–Trinajstić information content (AvgIpc) is 3.39. The summed E-state index contributed by atoms with van der Waals surface area (Å²) in [5.74, 6) is 0.856. The van der Waals surface area contributed by atoms with Gasteiger partial charge in [-0.1, -0.05) is 18.2 Å². The molecule has 1 saturated carbocycles. The molecular formula is C19H28N2O2. The van der Waals surface area contributed by atoms with Crippen LogP contribution in [0, 0.1) is 12.8 Å². The van der Waals surface area contributed by atoms with Crippen molar-refractivity contribution in [3.05, 3.63) is 29.8 Å². The average molecular weight is 316 g/mol. The largest absolute Gasteiger partial charge is 0.382 e. The number of aryl methyl sites for hydroxylation is 1. The van der Waals surface area contributed by atoms with Gasteiger partial charge in [0.05, 0.1) is 6.61 Å². The minimum atomic E-state index is -0.295. The van der Waals surface area contributed by atoms with Crippen LogP contribution in [0.1, 0.15) is 38.2 Å². The third-order valence-electron chi connectivity index (χ3n) is 4.94.